The zero-order valence-electron chi connectivity index (χ0n) is 18.1. The van der Waals surface area contributed by atoms with E-state index in [0.717, 1.165) is 50.3 Å². The van der Waals surface area contributed by atoms with Gasteiger partial charge in [0, 0.05) is 50.3 Å². The number of anilines is 1. The van der Waals surface area contributed by atoms with Crippen LogP contribution in [0.5, 0.6) is 5.75 Å². The molecular formula is C25H32N2O3. The topological polar surface area (TPSA) is 49.9 Å². The van der Waals surface area contributed by atoms with Crippen LogP contribution >= 0.6 is 0 Å². The van der Waals surface area contributed by atoms with Crippen LogP contribution in [0.3, 0.4) is 0 Å². The maximum Gasteiger partial charge on any atom is 0.223 e. The number of carbonyl (C=O) groups excluding carboxylic acids is 2. The van der Waals surface area contributed by atoms with Crippen molar-refractivity contribution in [2.24, 2.45) is 0 Å². The second-order valence-electron chi connectivity index (χ2n) is 7.79. The van der Waals surface area contributed by atoms with E-state index in [1.807, 2.05) is 41.3 Å². The van der Waals surface area contributed by atoms with Gasteiger partial charge in [-0.1, -0.05) is 37.6 Å². The lowest BCUT2D eigenvalue weighted by Gasteiger charge is -2.24. The van der Waals surface area contributed by atoms with E-state index in [4.69, 9.17) is 4.74 Å². The van der Waals surface area contributed by atoms with Gasteiger partial charge in [-0.05, 0) is 42.7 Å². The zero-order valence-corrected chi connectivity index (χ0v) is 18.1. The van der Waals surface area contributed by atoms with Crippen LogP contribution in [0.1, 0.15) is 48.5 Å². The normalized spacial score (nSPS) is 14.3. The molecule has 0 radical (unpaired) electrons. The third-order valence-corrected chi connectivity index (χ3v) is 5.67. The molecule has 1 aliphatic rings. The largest absolute Gasteiger partial charge is 0.497 e. The molecule has 1 fully saturated rings. The summed E-state index contributed by atoms with van der Waals surface area (Å²) in [5.74, 6) is 0.957. The number of nitrogens with zero attached hydrogens (tertiary/aromatic N) is 2. The number of benzene rings is 2. The van der Waals surface area contributed by atoms with E-state index in [9.17, 15) is 9.59 Å². The number of methoxy groups -OCH3 is 1. The molecule has 0 saturated carbocycles. The van der Waals surface area contributed by atoms with Gasteiger partial charge in [0.2, 0.25) is 5.91 Å². The first-order valence-corrected chi connectivity index (χ1v) is 10.9. The van der Waals surface area contributed by atoms with Crippen molar-refractivity contribution in [3.05, 3.63) is 59.7 Å². The number of ketones is 1. The van der Waals surface area contributed by atoms with Crippen LogP contribution in [0.15, 0.2) is 48.5 Å². The molecule has 0 atom stereocenters. The summed E-state index contributed by atoms with van der Waals surface area (Å²) in [4.78, 5) is 29.4. The average Bonchev–Trinajstić information content (AvgIpc) is 3.04. The Labute approximate surface area is 179 Å². The summed E-state index contributed by atoms with van der Waals surface area (Å²) in [6, 6.07) is 15.8. The smallest absolute Gasteiger partial charge is 0.223 e. The summed E-state index contributed by atoms with van der Waals surface area (Å²) >= 11 is 0. The Bertz CT molecular complexity index is 830. The Balaban J connectivity index is 1.48. The lowest BCUT2D eigenvalue weighted by Crippen LogP contribution is -2.35. The van der Waals surface area contributed by atoms with Crippen LogP contribution in [0, 0.1) is 0 Å². The summed E-state index contributed by atoms with van der Waals surface area (Å²) in [6.07, 6.45) is 3.58. The Hall–Kier alpha value is -2.82. The van der Waals surface area contributed by atoms with Crippen molar-refractivity contribution in [2.75, 3.05) is 38.2 Å². The number of aryl methyl sites for hydroxylation is 1. The van der Waals surface area contributed by atoms with E-state index in [1.165, 1.54) is 5.56 Å². The minimum atomic E-state index is 0.0427. The van der Waals surface area contributed by atoms with Gasteiger partial charge in [0.15, 0.2) is 5.78 Å². The highest BCUT2D eigenvalue weighted by atomic mass is 16.5. The molecule has 0 N–H and O–H groups in total. The summed E-state index contributed by atoms with van der Waals surface area (Å²) in [5.41, 5.74) is 3.09. The molecule has 1 amide bonds. The Morgan fingerprint density at radius 1 is 0.900 bits per heavy atom. The molecular weight excluding hydrogens is 376 g/mol. The SMILES string of the molecule is CCCc1ccc(C(=O)CCC(=O)N2CCCN(c3ccc(OC)cc3)CC2)cc1. The molecule has 0 bridgehead atoms. The van der Waals surface area contributed by atoms with Crippen LogP contribution < -0.4 is 9.64 Å². The van der Waals surface area contributed by atoms with Crippen molar-refractivity contribution < 1.29 is 14.3 Å². The number of amides is 1. The van der Waals surface area contributed by atoms with Gasteiger partial charge >= 0.3 is 0 Å². The molecule has 1 aliphatic heterocycles. The molecule has 0 unspecified atom stereocenters. The highest BCUT2D eigenvalue weighted by Crippen LogP contribution is 2.21. The zero-order chi connectivity index (χ0) is 21.3. The van der Waals surface area contributed by atoms with Crippen LogP contribution in [0.2, 0.25) is 0 Å². The van der Waals surface area contributed by atoms with E-state index in [1.54, 1.807) is 7.11 Å². The molecule has 2 aromatic carbocycles. The molecule has 0 aliphatic carbocycles. The first-order chi connectivity index (χ1) is 14.6. The van der Waals surface area contributed by atoms with Gasteiger partial charge in [-0.3, -0.25) is 9.59 Å². The Kier molecular flexibility index (Phi) is 7.89. The summed E-state index contributed by atoms with van der Waals surface area (Å²) in [6.45, 7) is 5.28. The van der Waals surface area contributed by atoms with Crippen LogP contribution in [0.25, 0.3) is 0 Å². The number of rotatable bonds is 8. The fraction of sp³-hybridized carbons (Fsp3) is 0.440. The highest BCUT2D eigenvalue weighted by Gasteiger charge is 2.20. The molecule has 30 heavy (non-hydrogen) atoms. The molecule has 5 nitrogen and oxygen atoms in total. The number of carbonyl (C=O) groups is 2. The molecule has 160 valence electrons. The van der Waals surface area contributed by atoms with Crippen molar-refractivity contribution in [2.45, 2.75) is 39.0 Å². The van der Waals surface area contributed by atoms with Crippen molar-refractivity contribution in [3.8, 4) is 5.75 Å². The van der Waals surface area contributed by atoms with Gasteiger partial charge in [0.1, 0.15) is 5.75 Å². The van der Waals surface area contributed by atoms with Gasteiger partial charge in [-0.2, -0.15) is 0 Å². The first-order valence-electron chi connectivity index (χ1n) is 10.9. The van der Waals surface area contributed by atoms with Gasteiger partial charge in [0.05, 0.1) is 7.11 Å². The van der Waals surface area contributed by atoms with Gasteiger partial charge in [-0.25, -0.2) is 0 Å². The highest BCUT2D eigenvalue weighted by molar-refractivity contribution is 5.98. The van der Waals surface area contributed by atoms with Gasteiger partial charge in [0.25, 0.3) is 0 Å². The van der Waals surface area contributed by atoms with Crippen molar-refractivity contribution >= 4 is 17.4 Å². The molecule has 5 heteroatoms. The monoisotopic (exact) mass is 408 g/mol. The second kappa shape index (κ2) is 10.8. The van der Waals surface area contributed by atoms with E-state index >= 15 is 0 Å². The number of Topliss-reactive ketones (excluding diaryl/α,β-unsaturated/α-hetero) is 1. The van der Waals surface area contributed by atoms with E-state index in [0.29, 0.717) is 12.1 Å². The summed E-state index contributed by atoms with van der Waals surface area (Å²) in [7, 11) is 1.66. The third kappa shape index (κ3) is 5.85. The fourth-order valence-corrected chi connectivity index (χ4v) is 3.89. The quantitative estimate of drug-likeness (QED) is 0.610. The van der Waals surface area contributed by atoms with Crippen molar-refractivity contribution in [1.29, 1.82) is 0 Å². The summed E-state index contributed by atoms with van der Waals surface area (Å²) in [5, 5.41) is 0. The minimum Gasteiger partial charge on any atom is -0.497 e. The minimum absolute atomic E-state index is 0.0427. The van der Waals surface area contributed by atoms with E-state index < -0.39 is 0 Å². The Morgan fingerprint density at radius 2 is 1.63 bits per heavy atom. The maximum absolute atomic E-state index is 12.7. The molecule has 0 spiro atoms. The maximum atomic E-state index is 12.7. The Morgan fingerprint density at radius 3 is 2.30 bits per heavy atom. The molecule has 3 rings (SSSR count). The molecule has 1 heterocycles. The number of hydrogen-bond acceptors (Lipinski definition) is 4. The lowest BCUT2D eigenvalue weighted by molar-refractivity contribution is -0.130. The molecule has 2 aromatic rings. The average molecular weight is 409 g/mol. The van der Waals surface area contributed by atoms with Crippen LogP contribution in [-0.4, -0.2) is 49.9 Å². The number of ether oxygens (including phenoxy) is 1. The third-order valence-electron chi connectivity index (χ3n) is 5.67. The fourth-order valence-electron chi connectivity index (χ4n) is 3.89. The summed E-state index contributed by atoms with van der Waals surface area (Å²) < 4.78 is 5.23. The van der Waals surface area contributed by atoms with Gasteiger partial charge in [-0.15, -0.1) is 0 Å². The van der Waals surface area contributed by atoms with Gasteiger partial charge < -0.3 is 14.5 Å². The second-order valence-corrected chi connectivity index (χ2v) is 7.79. The molecule has 0 aromatic heterocycles. The standard InChI is InChI=1S/C25H32N2O3/c1-3-5-20-6-8-21(9-7-20)24(28)14-15-25(29)27-17-4-16-26(18-19-27)22-10-12-23(30-2)13-11-22/h6-13H,3-5,14-19H2,1-2H3. The van der Waals surface area contributed by atoms with Crippen LogP contribution in [-0.2, 0) is 11.2 Å². The van der Waals surface area contributed by atoms with Crippen molar-refractivity contribution in [3.63, 3.8) is 0 Å². The van der Waals surface area contributed by atoms with E-state index in [2.05, 4.69) is 24.0 Å². The predicted octanol–water partition coefficient (Wildman–Crippen LogP) is 4.35. The first kappa shape index (κ1) is 21.9. The van der Waals surface area contributed by atoms with Crippen molar-refractivity contribution in [1.82, 2.24) is 4.90 Å². The van der Waals surface area contributed by atoms with Crippen LogP contribution in [0.4, 0.5) is 5.69 Å². The van der Waals surface area contributed by atoms with E-state index in [-0.39, 0.29) is 24.5 Å². The predicted molar refractivity (Wildman–Crippen MR) is 120 cm³/mol. The lowest BCUT2D eigenvalue weighted by atomic mass is 10.0. The number of hydrogen-bond donors (Lipinski definition) is 0. The molecule has 1 saturated heterocycles.